The first-order chi connectivity index (χ1) is 2.27. The molecule has 0 aromatic heterocycles. The summed E-state index contributed by atoms with van der Waals surface area (Å²) >= 11 is 0. The van der Waals surface area contributed by atoms with Crippen molar-refractivity contribution in [3.05, 3.63) is 0 Å². The second-order valence-electron chi connectivity index (χ2n) is 0.627. The fourth-order valence-electron chi connectivity index (χ4n) is 0. The van der Waals surface area contributed by atoms with Crippen LogP contribution in [0.15, 0.2) is 0 Å². The Morgan fingerprint density at radius 2 is 2.20 bits per heavy atom. The molecule has 0 aliphatic rings. The lowest BCUT2D eigenvalue weighted by atomic mass is 10.7. The van der Waals surface area contributed by atoms with Crippen LogP contribution in [-0.2, 0) is 4.79 Å². The number of rotatable bonds is 1. The van der Waals surface area contributed by atoms with Crippen LogP contribution < -0.4 is 5.73 Å². The van der Waals surface area contributed by atoms with Gasteiger partial charge in [0.15, 0.2) is 12.5 Å². The van der Waals surface area contributed by atoms with Gasteiger partial charge in [0, 0.05) is 0 Å². The van der Waals surface area contributed by atoms with Gasteiger partial charge in [0.05, 0.1) is 0 Å². The van der Waals surface area contributed by atoms with Gasteiger partial charge in [-0.15, -0.1) is 0 Å². The van der Waals surface area contributed by atoms with Crippen molar-refractivity contribution in [3.8, 4) is 0 Å². The van der Waals surface area contributed by atoms with Crippen LogP contribution in [0.25, 0.3) is 0 Å². The van der Waals surface area contributed by atoms with Gasteiger partial charge >= 0.3 is 0 Å². The zero-order chi connectivity index (χ0) is 4.28. The predicted octanol–water partition coefficient (Wildman–Crippen LogP) is -1.54. The summed E-state index contributed by atoms with van der Waals surface area (Å²) in [7, 11) is 0. The Hall–Kier alpha value is -0.410. The minimum absolute atomic E-state index is 0.250. The first-order valence-corrected chi connectivity index (χ1v) is 1.16. The van der Waals surface area contributed by atoms with Gasteiger partial charge in [-0.1, -0.05) is 0 Å². The molecule has 5 heavy (non-hydrogen) atoms. The fourth-order valence-corrected chi connectivity index (χ4v) is 0. The molecule has 1 atom stereocenters. The Balaban J connectivity index is 2.83. The number of nitrogens with two attached hydrogens (primary N) is 1. The summed E-state index contributed by atoms with van der Waals surface area (Å²) in [6.07, 6.45) is -1.05. The van der Waals surface area contributed by atoms with E-state index in [9.17, 15) is 0 Å². The molecule has 30 valence electrons. The topological polar surface area (TPSA) is 63.3 Å². The third kappa shape index (κ3) is 3.59. The average Bonchev–Trinajstić information content (AvgIpc) is 1.38. The van der Waals surface area contributed by atoms with Crippen molar-refractivity contribution in [1.82, 2.24) is 0 Å². The highest BCUT2D eigenvalue weighted by atomic mass is 16.3. The highest BCUT2D eigenvalue weighted by molar-refractivity contribution is 5.54. The quantitative estimate of drug-likeness (QED) is 0.293. The van der Waals surface area contributed by atoms with E-state index in [1.807, 2.05) is 0 Å². The maximum Gasteiger partial charge on any atom is 0.163 e. The lowest BCUT2D eigenvalue weighted by Gasteiger charge is -1.81. The summed E-state index contributed by atoms with van der Waals surface area (Å²) in [5, 5.41) is 7.77. The van der Waals surface area contributed by atoms with Gasteiger partial charge in [-0.25, -0.2) is 0 Å². The number of hydrogen-bond donors (Lipinski definition) is 2. The van der Waals surface area contributed by atoms with E-state index in [1.165, 1.54) is 0 Å². The van der Waals surface area contributed by atoms with E-state index in [0.29, 0.717) is 0 Å². The second-order valence-corrected chi connectivity index (χ2v) is 0.627. The second kappa shape index (κ2) is 1.87. The molecule has 0 bridgehead atoms. The maximum absolute atomic E-state index is 9.13. The molecule has 0 saturated heterocycles. The normalized spacial score (nSPS) is 14.0. The van der Waals surface area contributed by atoms with Crippen molar-refractivity contribution < 1.29 is 9.90 Å². The van der Waals surface area contributed by atoms with Crippen LogP contribution in [0, 0.1) is 0 Å². The molecule has 0 aromatic carbocycles. The van der Waals surface area contributed by atoms with Crippen LogP contribution in [0.2, 0.25) is 0 Å². The molecule has 0 heterocycles. The predicted molar refractivity (Wildman–Crippen MR) is 16.3 cm³/mol. The van der Waals surface area contributed by atoms with E-state index in [1.54, 1.807) is 0 Å². The molecule has 0 aromatic rings. The molecule has 0 amide bonds. The third-order valence-corrected chi connectivity index (χ3v) is 0.139. The SMILES string of the molecule is N[C@@H](O)C=O. The number of carbonyl (C=O) groups is 1. The van der Waals surface area contributed by atoms with Crippen LogP contribution in [0.3, 0.4) is 0 Å². The monoisotopic (exact) mass is 75.0 g/mol. The Kier molecular flexibility index (Phi) is 1.72. The number of hydrogen-bond acceptors (Lipinski definition) is 3. The van der Waals surface area contributed by atoms with Crippen molar-refractivity contribution >= 4 is 6.29 Å². The van der Waals surface area contributed by atoms with Crippen LogP contribution in [-0.4, -0.2) is 17.6 Å². The van der Waals surface area contributed by atoms with E-state index in [-0.39, 0.29) is 6.29 Å². The molecule has 0 radical (unpaired) electrons. The third-order valence-electron chi connectivity index (χ3n) is 0.139. The Labute approximate surface area is 29.4 Å². The maximum atomic E-state index is 9.13. The van der Waals surface area contributed by atoms with E-state index >= 15 is 0 Å². The van der Waals surface area contributed by atoms with Crippen LogP contribution >= 0.6 is 0 Å². The smallest absolute Gasteiger partial charge is 0.163 e. The zero-order valence-electron chi connectivity index (χ0n) is 2.59. The molecular formula is C2H5NO2. The zero-order valence-corrected chi connectivity index (χ0v) is 2.59. The van der Waals surface area contributed by atoms with E-state index in [0.717, 1.165) is 0 Å². The number of aldehydes is 1. The van der Waals surface area contributed by atoms with Gasteiger partial charge in [0.2, 0.25) is 0 Å². The summed E-state index contributed by atoms with van der Waals surface area (Å²) in [4.78, 5) is 9.13. The van der Waals surface area contributed by atoms with Crippen molar-refractivity contribution in [2.75, 3.05) is 0 Å². The Morgan fingerprint density at radius 3 is 2.20 bits per heavy atom. The van der Waals surface area contributed by atoms with Gasteiger partial charge in [-0.2, -0.15) is 0 Å². The molecule has 0 rings (SSSR count). The van der Waals surface area contributed by atoms with Crippen LogP contribution in [0.4, 0.5) is 0 Å². The average molecular weight is 75.1 g/mol. The van der Waals surface area contributed by atoms with Crippen molar-refractivity contribution in [2.45, 2.75) is 6.23 Å². The molecule has 0 unspecified atom stereocenters. The van der Waals surface area contributed by atoms with E-state index in [4.69, 9.17) is 9.90 Å². The molecule has 0 aliphatic carbocycles. The standard InChI is InChI=1S/C2H5NO2/c3-2(5)1-4/h1-2,5H,3H2/t2-/m0/s1. The summed E-state index contributed by atoms with van der Waals surface area (Å²) < 4.78 is 0. The van der Waals surface area contributed by atoms with Gasteiger partial charge in [-0.3, -0.25) is 4.79 Å². The van der Waals surface area contributed by atoms with Crippen LogP contribution in [0.1, 0.15) is 0 Å². The molecule has 3 N–H and O–H groups in total. The van der Waals surface area contributed by atoms with Gasteiger partial charge in [0.25, 0.3) is 0 Å². The number of carbonyl (C=O) groups excluding carboxylic acids is 1. The lowest BCUT2D eigenvalue weighted by Crippen LogP contribution is -2.19. The summed E-state index contributed by atoms with van der Waals surface area (Å²) in [6, 6.07) is 0. The summed E-state index contributed by atoms with van der Waals surface area (Å²) in [6.45, 7) is 0. The molecular weight excluding hydrogens is 70.0 g/mol. The van der Waals surface area contributed by atoms with E-state index in [2.05, 4.69) is 5.73 Å². The first-order valence-electron chi connectivity index (χ1n) is 1.16. The fraction of sp³-hybridized carbons (Fsp3) is 0.500. The molecule has 0 spiro atoms. The van der Waals surface area contributed by atoms with Crippen molar-refractivity contribution in [3.63, 3.8) is 0 Å². The molecule has 0 saturated carbocycles. The number of aliphatic hydroxyl groups excluding tert-OH is 1. The molecule has 0 aliphatic heterocycles. The first kappa shape index (κ1) is 4.59. The highest BCUT2D eigenvalue weighted by Gasteiger charge is 1.81. The summed E-state index contributed by atoms with van der Waals surface area (Å²) in [5.41, 5.74) is 4.48. The minimum Gasteiger partial charge on any atom is -0.372 e. The van der Waals surface area contributed by atoms with Gasteiger partial charge in [-0.05, 0) is 0 Å². The minimum atomic E-state index is -1.30. The van der Waals surface area contributed by atoms with E-state index < -0.39 is 6.23 Å². The Bertz CT molecular complexity index is 34.6. The largest absolute Gasteiger partial charge is 0.372 e. The van der Waals surface area contributed by atoms with Gasteiger partial charge in [0.1, 0.15) is 0 Å². The highest BCUT2D eigenvalue weighted by Crippen LogP contribution is 1.47. The summed E-state index contributed by atoms with van der Waals surface area (Å²) in [5.74, 6) is 0. The number of aliphatic hydroxyl groups is 1. The van der Waals surface area contributed by atoms with Gasteiger partial charge < -0.3 is 10.8 Å². The van der Waals surface area contributed by atoms with Crippen LogP contribution in [0.5, 0.6) is 0 Å². The molecule has 3 heteroatoms. The van der Waals surface area contributed by atoms with Crippen molar-refractivity contribution in [1.29, 1.82) is 0 Å². The Morgan fingerprint density at radius 1 is 2.00 bits per heavy atom. The lowest BCUT2D eigenvalue weighted by molar-refractivity contribution is -0.114. The molecule has 3 nitrogen and oxygen atoms in total. The molecule has 0 fully saturated rings. The van der Waals surface area contributed by atoms with Crippen molar-refractivity contribution in [2.24, 2.45) is 5.73 Å².